The molecule has 0 amide bonds. The molecular weight excluding hydrogens is 410 g/mol. The van der Waals surface area contributed by atoms with Gasteiger partial charge in [0.25, 0.3) is 0 Å². The topological polar surface area (TPSA) is 70.7 Å². The van der Waals surface area contributed by atoms with Crippen molar-refractivity contribution in [3.8, 4) is 11.3 Å². The van der Waals surface area contributed by atoms with E-state index in [0.29, 0.717) is 12.0 Å². The lowest BCUT2D eigenvalue weighted by Gasteiger charge is -2.39. The summed E-state index contributed by atoms with van der Waals surface area (Å²) in [6.45, 7) is 8.58. The van der Waals surface area contributed by atoms with Crippen LogP contribution in [0.5, 0.6) is 0 Å². The van der Waals surface area contributed by atoms with Crippen molar-refractivity contribution >= 4 is 22.9 Å². The molecule has 2 fully saturated rings. The highest BCUT2D eigenvalue weighted by molar-refractivity contribution is 5.83. The number of nitrogens with zero attached hydrogens (tertiary/aromatic N) is 6. The van der Waals surface area contributed by atoms with Crippen LogP contribution in [0.1, 0.15) is 64.5 Å². The molecule has 1 saturated carbocycles. The Morgan fingerprint density at radius 1 is 1.03 bits per heavy atom. The minimum Gasteiger partial charge on any atom is -0.350 e. The summed E-state index contributed by atoms with van der Waals surface area (Å²) in [7, 11) is 0. The lowest BCUT2D eigenvalue weighted by atomic mass is 9.89. The monoisotopic (exact) mass is 445 g/mol. The maximum Gasteiger partial charge on any atom is 0.241 e. The highest BCUT2D eigenvalue weighted by atomic mass is 15.3. The van der Waals surface area contributed by atoms with Crippen LogP contribution in [0.15, 0.2) is 35.6 Å². The van der Waals surface area contributed by atoms with E-state index in [1.807, 2.05) is 49.8 Å². The van der Waals surface area contributed by atoms with Crippen LogP contribution in [0.4, 0.5) is 11.6 Å². The number of hydrogen-bond donors (Lipinski definition) is 1. The largest absolute Gasteiger partial charge is 0.350 e. The molecule has 0 spiro atoms. The molecular formula is C26H35N7. The van der Waals surface area contributed by atoms with Crippen LogP contribution >= 0.6 is 0 Å². The van der Waals surface area contributed by atoms with Gasteiger partial charge in [0.2, 0.25) is 5.95 Å². The normalized spacial score (nSPS) is 21.8. The molecule has 7 nitrogen and oxygen atoms in total. The summed E-state index contributed by atoms with van der Waals surface area (Å²) in [4.78, 5) is 16.7. The molecule has 5 rings (SSSR count). The summed E-state index contributed by atoms with van der Waals surface area (Å²) >= 11 is 0. The molecule has 3 aromatic heterocycles. The Labute approximate surface area is 196 Å². The van der Waals surface area contributed by atoms with Crippen molar-refractivity contribution in [1.82, 2.24) is 24.5 Å². The predicted octanol–water partition coefficient (Wildman–Crippen LogP) is 5.42. The fraction of sp³-hybridized carbons (Fsp3) is 0.538. The van der Waals surface area contributed by atoms with Crippen LogP contribution in [0.3, 0.4) is 0 Å². The van der Waals surface area contributed by atoms with Gasteiger partial charge in [-0.15, -0.1) is 5.10 Å². The Kier molecular flexibility index (Phi) is 6.40. The standard InChI is InChI=1S/C26H35N7/c1-18(2)28-23-11-12-24(29-19(23)3)22-13-16-33-25(22)17-27-26(31-33)30-20-7-9-21(10-8-20)32-14-5-4-6-15-32/h11-13,16-17,20-21H,4-10,14-15H2,1-3H3,(H,30,31). The van der Waals surface area contributed by atoms with Crippen LogP contribution in [-0.4, -0.2) is 55.4 Å². The molecule has 1 aliphatic heterocycles. The summed E-state index contributed by atoms with van der Waals surface area (Å²) < 4.78 is 1.91. The fourth-order valence-electron chi connectivity index (χ4n) is 5.30. The molecule has 0 atom stereocenters. The zero-order chi connectivity index (χ0) is 22.8. The van der Waals surface area contributed by atoms with Crippen LogP contribution in [0.2, 0.25) is 0 Å². The summed E-state index contributed by atoms with van der Waals surface area (Å²) in [6, 6.07) is 7.35. The van der Waals surface area contributed by atoms with Crippen molar-refractivity contribution < 1.29 is 0 Å². The summed E-state index contributed by atoms with van der Waals surface area (Å²) in [5, 5.41) is 8.33. The van der Waals surface area contributed by atoms with E-state index in [0.717, 1.165) is 39.9 Å². The fourth-order valence-corrected chi connectivity index (χ4v) is 5.30. The van der Waals surface area contributed by atoms with Gasteiger partial charge in [-0.1, -0.05) is 6.42 Å². The zero-order valence-corrected chi connectivity index (χ0v) is 20.1. The number of hydrogen-bond acceptors (Lipinski definition) is 6. The van der Waals surface area contributed by atoms with Crippen molar-refractivity contribution in [2.75, 3.05) is 18.4 Å². The lowest BCUT2D eigenvalue weighted by Crippen LogP contribution is -2.43. The summed E-state index contributed by atoms with van der Waals surface area (Å²) in [6.07, 6.45) is 13.0. The second-order valence-corrected chi connectivity index (χ2v) is 9.75. The number of pyridine rings is 1. The quantitative estimate of drug-likeness (QED) is 0.531. The Balaban J connectivity index is 1.26. The molecule has 1 saturated heterocycles. The summed E-state index contributed by atoms with van der Waals surface area (Å²) in [5.41, 5.74) is 5.78. The Morgan fingerprint density at radius 3 is 2.55 bits per heavy atom. The number of piperidine rings is 1. The minimum absolute atomic E-state index is 0.456. The Morgan fingerprint density at radius 2 is 1.82 bits per heavy atom. The van der Waals surface area contributed by atoms with Gasteiger partial charge in [-0.05, 0) is 90.6 Å². The van der Waals surface area contributed by atoms with Gasteiger partial charge in [-0.3, -0.25) is 9.98 Å². The smallest absolute Gasteiger partial charge is 0.241 e. The second-order valence-electron chi connectivity index (χ2n) is 9.75. The predicted molar refractivity (Wildman–Crippen MR) is 134 cm³/mol. The Hall–Kier alpha value is -2.80. The van der Waals surface area contributed by atoms with E-state index in [1.54, 1.807) is 0 Å². The maximum absolute atomic E-state index is 4.78. The third-order valence-corrected chi connectivity index (χ3v) is 7.03. The average Bonchev–Trinajstić information content (AvgIpc) is 3.24. The number of fused-ring (bicyclic) bond motifs is 1. The van der Waals surface area contributed by atoms with E-state index in [9.17, 15) is 0 Å². The third kappa shape index (κ3) is 4.93. The molecule has 0 unspecified atom stereocenters. The molecule has 4 heterocycles. The first-order chi connectivity index (χ1) is 16.1. The first-order valence-electron chi connectivity index (χ1n) is 12.4. The molecule has 3 aromatic rings. The third-order valence-electron chi connectivity index (χ3n) is 7.03. The molecule has 0 aromatic carbocycles. The number of anilines is 1. The average molecular weight is 446 g/mol. The van der Waals surface area contributed by atoms with E-state index in [1.165, 1.54) is 58.0 Å². The molecule has 33 heavy (non-hydrogen) atoms. The SMILES string of the molecule is CC(C)=Nc1ccc(-c2ccn3nc(NC4CCC(N5CCCCC5)CC4)ncc23)nc1C. The number of aliphatic imine (C=N–C) groups is 1. The van der Waals surface area contributed by atoms with Gasteiger partial charge in [-0.25, -0.2) is 9.50 Å². The van der Waals surface area contributed by atoms with Crippen LogP contribution < -0.4 is 5.32 Å². The van der Waals surface area contributed by atoms with Crippen molar-refractivity contribution in [1.29, 1.82) is 0 Å². The number of likely N-dealkylation sites (tertiary alicyclic amines) is 1. The highest BCUT2D eigenvalue weighted by Crippen LogP contribution is 2.29. The van der Waals surface area contributed by atoms with Crippen molar-refractivity contribution in [2.45, 2.75) is 77.8 Å². The van der Waals surface area contributed by atoms with Crippen molar-refractivity contribution in [3.05, 3.63) is 36.3 Å². The van der Waals surface area contributed by atoms with Gasteiger partial charge in [-0.2, -0.15) is 0 Å². The van der Waals surface area contributed by atoms with E-state index >= 15 is 0 Å². The molecule has 2 aliphatic rings. The van der Waals surface area contributed by atoms with Crippen molar-refractivity contribution in [2.24, 2.45) is 4.99 Å². The number of nitrogens with one attached hydrogen (secondary N) is 1. The second kappa shape index (κ2) is 9.59. The van der Waals surface area contributed by atoms with E-state index < -0.39 is 0 Å². The van der Waals surface area contributed by atoms with Gasteiger partial charge in [0.05, 0.1) is 28.8 Å². The van der Waals surface area contributed by atoms with Crippen LogP contribution in [0, 0.1) is 6.92 Å². The van der Waals surface area contributed by atoms with Gasteiger partial charge < -0.3 is 10.2 Å². The molecule has 7 heteroatoms. The first kappa shape index (κ1) is 22.0. The summed E-state index contributed by atoms with van der Waals surface area (Å²) in [5.74, 6) is 0.707. The number of rotatable bonds is 5. The minimum atomic E-state index is 0.456. The first-order valence-corrected chi connectivity index (χ1v) is 12.4. The van der Waals surface area contributed by atoms with Gasteiger partial charge in [0.1, 0.15) is 0 Å². The zero-order valence-electron chi connectivity index (χ0n) is 20.1. The molecule has 1 aliphatic carbocycles. The lowest BCUT2D eigenvalue weighted by molar-refractivity contribution is 0.127. The van der Waals surface area contributed by atoms with Crippen molar-refractivity contribution in [3.63, 3.8) is 0 Å². The molecule has 1 N–H and O–H groups in total. The molecule has 174 valence electrons. The van der Waals surface area contributed by atoms with Crippen LogP contribution in [-0.2, 0) is 0 Å². The molecule has 0 bridgehead atoms. The van der Waals surface area contributed by atoms with E-state index in [4.69, 9.17) is 10.1 Å². The van der Waals surface area contributed by atoms with Crippen LogP contribution in [0.25, 0.3) is 16.8 Å². The van der Waals surface area contributed by atoms with Gasteiger partial charge in [0.15, 0.2) is 0 Å². The Bertz CT molecular complexity index is 1130. The highest BCUT2D eigenvalue weighted by Gasteiger charge is 2.27. The van der Waals surface area contributed by atoms with E-state index in [-0.39, 0.29) is 0 Å². The van der Waals surface area contributed by atoms with Gasteiger partial charge in [0, 0.05) is 29.6 Å². The van der Waals surface area contributed by atoms with Gasteiger partial charge >= 0.3 is 0 Å². The number of aryl methyl sites for hydroxylation is 1. The number of aromatic nitrogens is 4. The van der Waals surface area contributed by atoms with E-state index in [2.05, 4.69) is 26.3 Å². The molecule has 0 radical (unpaired) electrons. The maximum atomic E-state index is 4.78.